The number of rotatable bonds is 4. The minimum atomic E-state index is -1.35. The maximum Gasteiger partial charge on any atom is 0.255 e. The molecule has 1 atom stereocenters. The minimum absolute atomic E-state index is 0.0133. The maximum atomic E-state index is 14.6. The van der Waals surface area contributed by atoms with Crippen molar-refractivity contribution >= 4 is 17.4 Å². The smallest absolute Gasteiger partial charge is 0.255 e. The topological polar surface area (TPSA) is 58.2 Å². The molecule has 1 saturated heterocycles. The Morgan fingerprint density at radius 2 is 1.53 bits per heavy atom. The molecule has 0 spiro atoms. The fourth-order valence-corrected chi connectivity index (χ4v) is 3.74. The third kappa shape index (κ3) is 3.59. The summed E-state index contributed by atoms with van der Waals surface area (Å²) in [5.41, 5.74) is -0.372. The van der Waals surface area contributed by atoms with Crippen LogP contribution in [0.3, 0.4) is 0 Å². The van der Waals surface area contributed by atoms with Gasteiger partial charge in [-0.2, -0.15) is 0 Å². The summed E-state index contributed by atoms with van der Waals surface area (Å²) in [7, 11) is 0. The predicted octanol–water partition coefficient (Wildman–Crippen LogP) is 4.16. The zero-order valence-electron chi connectivity index (χ0n) is 15.7. The standard InChI is InChI=1S/C23H17F3N2O2/c24-16-8-10-17(11-9-16)28-22(30)14-4-6-15(7-5-14)23(12-18(29)13-27-23)21-19(25)2-1-3-20(21)26/h1-11,27H,12-13H2,(H,28,30). The van der Waals surface area contributed by atoms with E-state index < -0.39 is 28.9 Å². The van der Waals surface area contributed by atoms with Crippen LogP contribution in [0.4, 0.5) is 18.9 Å². The summed E-state index contributed by atoms with van der Waals surface area (Å²) in [4.78, 5) is 24.5. The van der Waals surface area contributed by atoms with Gasteiger partial charge < -0.3 is 5.32 Å². The van der Waals surface area contributed by atoms with Gasteiger partial charge in [-0.05, 0) is 54.1 Å². The molecule has 30 heavy (non-hydrogen) atoms. The van der Waals surface area contributed by atoms with Gasteiger partial charge in [0.1, 0.15) is 23.2 Å². The number of Topliss-reactive ketones (excluding diaryl/α,β-unsaturated/α-hetero) is 1. The van der Waals surface area contributed by atoms with E-state index >= 15 is 0 Å². The Hall–Kier alpha value is -3.45. The van der Waals surface area contributed by atoms with Crippen molar-refractivity contribution in [1.29, 1.82) is 0 Å². The number of carbonyl (C=O) groups is 2. The summed E-state index contributed by atoms with van der Waals surface area (Å²) in [6.07, 6.45) is -0.105. The van der Waals surface area contributed by atoms with Crippen LogP contribution in [0, 0.1) is 17.5 Å². The Morgan fingerprint density at radius 3 is 2.10 bits per heavy atom. The van der Waals surface area contributed by atoms with Gasteiger partial charge in [0.05, 0.1) is 12.1 Å². The molecule has 3 aromatic carbocycles. The summed E-state index contributed by atoms with van der Waals surface area (Å²) in [5.74, 6) is -2.52. The fourth-order valence-electron chi connectivity index (χ4n) is 3.74. The van der Waals surface area contributed by atoms with E-state index in [0.29, 0.717) is 16.8 Å². The third-order valence-electron chi connectivity index (χ3n) is 5.18. The highest BCUT2D eigenvalue weighted by atomic mass is 19.1. The lowest BCUT2D eigenvalue weighted by molar-refractivity contribution is -0.116. The first-order chi connectivity index (χ1) is 14.4. The van der Waals surface area contributed by atoms with Crippen molar-refractivity contribution in [1.82, 2.24) is 5.32 Å². The molecule has 4 nitrogen and oxygen atoms in total. The Balaban J connectivity index is 1.66. The highest BCUT2D eigenvalue weighted by Gasteiger charge is 2.44. The van der Waals surface area contributed by atoms with E-state index in [1.807, 2.05) is 0 Å². The van der Waals surface area contributed by atoms with Gasteiger partial charge in [-0.1, -0.05) is 18.2 Å². The van der Waals surface area contributed by atoms with Gasteiger partial charge in [0.2, 0.25) is 0 Å². The van der Waals surface area contributed by atoms with Crippen LogP contribution in [0.1, 0.15) is 27.9 Å². The minimum Gasteiger partial charge on any atom is -0.322 e. The van der Waals surface area contributed by atoms with Crippen molar-refractivity contribution in [3.8, 4) is 0 Å². The van der Waals surface area contributed by atoms with Crippen LogP contribution in [0.25, 0.3) is 0 Å². The van der Waals surface area contributed by atoms with Gasteiger partial charge >= 0.3 is 0 Å². The van der Waals surface area contributed by atoms with Gasteiger partial charge in [-0.25, -0.2) is 13.2 Å². The van der Waals surface area contributed by atoms with Gasteiger partial charge in [0, 0.05) is 23.2 Å². The molecule has 1 heterocycles. The van der Waals surface area contributed by atoms with Crippen LogP contribution in [-0.4, -0.2) is 18.2 Å². The van der Waals surface area contributed by atoms with Crippen LogP contribution < -0.4 is 10.6 Å². The molecular weight excluding hydrogens is 393 g/mol. The predicted molar refractivity (Wildman–Crippen MR) is 106 cm³/mol. The van der Waals surface area contributed by atoms with Crippen molar-refractivity contribution in [3.05, 3.63) is 101 Å². The summed E-state index contributed by atoms with van der Waals surface area (Å²) >= 11 is 0. The van der Waals surface area contributed by atoms with Crippen molar-refractivity contribution < 1.29 is 22.8 Å². The molecular formula is C23H17F3N2O2. The summed E-state index contributed by atoms with van der Waals surface area (Å²) in [5, 5.41) is 5.61. The maximum absolute atomic E-state index is 14.6. The first-order valence-corrected chi connectivity index (χ1v) is 9.28. The van der Waals surface area contributed by atoms with Crippen LogP contribution in [0.2, 0.25) is 0 Å². The highest BCUT2D eigenvalue weighted by molar-refractivity contribution is 6.04. The van der Waals surface area contributed by atoms with Crippen molar-refractivity contribution in [3.63, 3.8) is 0 Å². The van der Waals surface area contributed by atoms with Crippen molar-refractivity contribution in [2.75, 3.05) is 11.9 Å². The Kier molecular flexibility index (Phi) is 5.13. The van der Waals surface area contributed by atoms with Gasteiger partial charge in [-0.15, -0.1) is 0 Å². The molecule has 1 fully saturated rings. The molecule has 2 N–H and O–H groups in total. The summed E-state index contributed by atoms with van der Waals surface area (Å²) < 4.78 is 42.1. The molecule has 4 rings (SSSR count). The molecule has 0 saturated carbocycles. The van der Waals surface area contributed by atoms with Gasteiger partial charge in [-0.3, -0.25) is 14.9 Å². The number of ketones is 1. The molecule has 3 aromatic rings. The molecule has 1 aliphatic rings. The van der Waals surface area contributed by atoms with Gasteiger partial charge in [0.25, 0.3) is 5.91 Å². The van der Waals surface area contributed by atoms with E-state index in [-0.39, 0.29) is 24.3 Å². The lowest BCUT2D eigenvalue weighted by atomic mass is 9.80. The number of hydrogen-bond donors (Lipinski definition) is 2. The van der Waals surface area contributed by atoms with Crippen molar-refractivity contribution in [2.24, 2.45) is 0 Å². The quantitative estimate of drug-likeness (QED) is 0.679. The van der Waals surface area contributed by atoms with Gasteiger partial charge in [0.15, 0.2) is 0 Å². The summed E-state index contributed by atoms with van der Waals surface area (Å²) in [6.45, 7) is -0.0133. The van der Waals surface area contributed by atoms with E-state index in [2.05, 4.69) is 10.6 Å². The number of hydrogen-bond acceptors (Lipinski definition) is 3. The largest absolute Gasteiger partial charge is 0.322 e. The van der Waals surface area contributed by atoms with Crippen LogP contribution in [0.5, 0.6) is 0 Å². The Bertz CT molecular complexity index is 1090. The molecule has 0 aliphatic carbocycles. The molecule has 0 bridgehead atoms. The average molecular weight is 410 g/mol. The second kappa shape index (κ2) is 7.76. The first-order valence-electron chi connectivity index (χ1n) is 9.28. The van der Waals surface area contributed by atoms with Crippen LogP contribution in [-0.2, 0) is 10.3 Å². The lowest BCUT2D eigenvalue weighted by Gasteiger charge is -2.31. The van der Waals surface area contributed by atoms with E-state index in [9.17, 15) is 22.8 Å². The number of halogens is 3. The molecule has 1 unspecified atom stereocenters. The molecule has 0 radical (unpaired) electrons. The van der Waals surface area contributed by atoms with Crippen LogP contribution >= 0.6 is 0 Å². The van der Waals surface area contributed by atoms with E-state index in [1.165, 1.54) is 42.5 Å². The zero-order chi connectivity index (χ0) is 21.3. The fraction of sp³-hybridized carbons (Fsp3) is 0.130. The monoisotopic (exact) mass is 410 g/mol. The number of amides is 1. The van der Waals surface area contributed by atoms with E-state index in [0.717, 1.165) is 12.1 Å². The molecule has 152 valence electrons. The Morgan fingerprint density at radius 1 is 0.900 bits per heavy atom. The lowest BCUT2D eigenvalue weighted by Crippen LogP contribution is -2.39. The second-order valence-electron chi connectivity index (χ2n) is 7.11. The molecule has 1 amide bonds. The zero-order valence-corrected chi connectivity index (χ0v) is 15.7. The summed E-state index contributed by atoms with van der Waals surface area (Å²) in [6, 6.07) is 15.1. The molecule has 0 aromatic heterocycles. The Labute approximate surface area is 170 Å². The molecule has 7 heteroatoms. The van der Waals surface area contributed by atoms with Crippen LogP contribution in [0.15, 0.2) is 66.7 Å². The normalized spacial score (nSPS) is 18.4. The average Bonchev–Trinajstić information content (AvgIpc) is 3.12. The van der Waals surface area contributed by atoms with E-state index in [4.69, 9.17) is 0 Å². The number of carbonyl (C=O) groups excluding carboxylic acids is 2. The highest BCUT2D eigenvalue weighted by Crippen LogP contribution is 2.39. The van der Waals surface area contributed by atoms with Crippen molar-refractivity contribution in [2.45, 2.75) is 12.0 Å². The molecule has 1 aliphatic heterocycles. The van der Waals surface area contributed by atoms with E-state index in [1.54, 1.807) is 12.1 Å². The number of benzene rings is 3. The second-order valence-corrected chi connectivity index (χ2v) is 7.11. The SMILES string of the molecule is O=C1CNC(c2ccc(C(=O)Nc3ccc(F)cc3)cc2)(c2c(F)cccc2F)C1. The number of anilines is 1. The first kappa shape index (κ1) is 19.8. The number of nitrogens with one attached hydrogen (secondary N) is 2. The third-order valence-corrected chi connectivity index (χ3v) is 5.18.